The predicted octanol–water partition coefficient (Wildman–Crippen LogP) is 3.82. The second-order valence-corrected chi connectivity index (χ2v) is 8.16. The van der Waals surface area contributed by atoms with Crippen molar-refractivity contribution in [3.8, 4) is 5.75 Å². The van der Waals surface area contributed by atoms with Crippen molar-refractivity contribution in [2.45, 2.75) is 12.0 Å². The summed E-state index contributed by atoms with van der Waals surface area (Å²) in [7, 11) is 0. The quantitative estimate of drug-likeness (QED) is 0.548. The lowest BCUT2D eigenvalue weighted by Gasteiger charge is -2.37. The average molecular weight is 467 g/mol. The van der Waals surface area contributed by atoms with E-state index in [1.165, 1.54) is 0 Å². The Kier molecular flexibility index (Phi) is 9.31. The van der Waals surface area contributed by atoms with Crippen LogP contribution in [0.5, 0.6) is 5.75 Å². The Balaban J connectivity index is 0.00000306. The fraction of sp³-hybridized carbons (Fsp3) is 0.296. The molecule has 1 unspecified atom stereocenters. The Morgan fingerprint density at radius 1 is 0.788 bits per heavy atom. The molecule has 0 radical (unpaired) electrons. The summed E-state index contributed by atoms with van der Waals surface area (Å²) < 4.78 is 5.66. The minimum atomic E-state index is -0.571. The molecule has 6 heteroatoms. The van der Waals surface area contributed by atoms with E-state index in [1.807, 2.05) is 95.9 Å². The van der Waals surface area contributed by atoms with Crippen LogP contribution in [0, 0.1) is 0 Å². The number of halogens is 1. The van der Waals surface area contributed by atoms with Gasteiger partial charge < -0.3 is 14.7 Å². The first-order valence-corrected chi connectivity index (χ1v) is 11.2. The van der Waals surface area contributed by atoms with Gasteiger partial charge in [0.05, 0.1) is 5.92 Å². The number of hydrogen-bond acceptors (Lipinski definition) is 4. The normalized spacial score (nSPS) is 15.0. The van der Waals surface area contributed by atoms with Crippen LogP contribution in [0.1, 0.15) is 17.0 Å². The van der Waals surface area contributed by atoms with Crippen molar-refractivity contribution in [2.24, 2.45) is 0 Å². The van der Waals surface area contributed by atoms with Crippen LogP contribution in [0.15, 0.2) is 91.0 Å². The summed E-state index contributed by atoms with van der Waals surface area (Å²) in [5.41, 5.74) is 2.03. The molecule has 3 aromatic rings. The predicted molar refractivity (Wildman–Crippen MR) is 133 cm³/mol. The second kappa shape index (κ2) is 12.4. The van der Waals surface area contributed by atoms with E-state index in [1.54, 1.807) is 0 Å². The number of rotatable bonds is 8. The maximum absolute atomic E-state index is 13.5. The molecule has 174 valence electrons. The zero-order chi connectivity index (χ0) is 22.2. The highest BCUT2D eigenvalue weighted by molar-refractivity contribution is 5.87. The van der Waals surface area contributed by atoms with Crippen LogP contribution < -0.4 is 4.74 Å². The number of carbonyl (C=O) groups is 1. The summed E-state index contributed by atoms with van der Waals surface area (Å²) in [5, 5.41) is 10.4. The SMILES string of the molecule is Cl.O=C(C(c1ccccc1)c1ccccc1)N1CCN(CC(O)COc2ccccc2)CC1. The van der Waals surface area contributed by atoms with Gasteiger partial charge in [-0.1, -0.05) is 78.9 Å². The molecule has 0 bridgehead atoms. The van der Waals surface area contributed by atoms with Crippen LogP contribution in [0.4, 0.5) is 0 Å². The molecule has 1 N–H and O–H groups in total. The largest absolute Gasteiger partial charge is 0.491 e. The number of aliphatic hydroxyl groups is 1. The lowest BCUT2D eigenvalue weighted by Crippen LogP contribution is -2.52. The first kappa shape index (κ1) is 24.8. The zero-order valence-corrected chi connectivity index (χ0v) is 19.4. The minimum Gasteiger partial charge on any atom is -0.491 e. The number of piperazine rings is 1. The monoisotopic (exact) mass is 466 g/mol. The van der Waals surface area contributed by atoms with Crippen molar-refractivity contribution in [3.05, 3.63) is 102 Å². The molecule has 0 spiro atoms. The Bertz CT molecular complexity index is 925. The molecule has 4 rings (SSSR count). The van der Waals surface area contributed by atoms with E-state index in [2.05, 4.69) is 4.90 Å². The maximum atomic E-state index is 13.5. The van der Waals surface area contributed by atoms with Crippen molar-refractivity contribution in [2.75, 3.05) is 39.3 Å². The summed E-state index contributed by atoms with van der Waals surface area (Å²) in [6.45, 7) is 3.58. The molecule has 1 fully saturated rings. The third kappa shape index (κ3) is 6.81. The fourth-order valence-corrected chi connectivity index (χ4v) is 4.16. The Labute approximate surface area is 202 Å². The number of ether oxygens (including phenoxy) is 1. The number of hydrogen-bond donors (Lipinski definition) is 1. The van der Waals surface area contributed by atoms with E-state index in [0.717, 1.165) is 30.0 Å². The average Bonchev–Trinajstić information content (AvgIpc) is 2.85. The van der Waals surface area contributed by atoms with Gasteiger partial charge >= 0.3 is 0 Å². The van der Waals surface area contributed by atoms with E-state index >= 15 is 0 Å². The fourth-order valence-electron chi connectivity index (χ4n) is 4.16. The highest BCUT2D eigenvalue weighted by atomic mass is 35.5. The zero-order valence-electron chi connectivity index (χ0n) is 18.6. The summed E-state index contributed by atoms with van der Waals surface area (Å²) in [6.07, 6.45) is -0.571. The van der Waals surface area contributed by atoms with Crippen LogP contribution in [-0.4, -0.2) is 66.2 Å². The van der Waals surface area contributed by atoms with E-state index in [-0.39, 0.29) is 30.8 Å². The summed E-state index contributed by atoms with van der Waals surface area (Å²) in [5.74, 6) is 0.596. The smallest absolute Gasteiger partial charge is 0.234 e. The third-order valence-corrected chi connectivity index (χ3v) is 5.85. The van der Waals surface area contributed by atoms with Gasteiger partial charge in [0.1, 0.15) is 18.5 Å². The molecule has 1 aliphatic heterocycles. The third-order valence-electron chi connectivity index (χ3n) is 5.85. The van der Waals surface area contributed by atoms with Crippen molar-refractivity contribution in [1.82, 2.24) is 9.80 Å². The van der Waals surface area contributed by atoms with Crippen molar-refractivity contribution in [1.29, 1.82) is 0 Å². The van der Waals surface area contributed by atoms with Crippen molar-refractivity contribution in [3.63, 3.8) is 0 Å². The van der Waals surface area contributed by atoms with Gasteiger partial charge in [0.15, 0.2) is 0 Å². The van der Waals surface area contributed by atoms with Crippen LogP contribution in [0.25, 0.3) is 0 Å². The molecule has 1 aliphatic rings. The van der Waals surface area contributed by atoms with E-state index < -0.39 is 6.10 Å². The number of amides is 1. The Hall–Kier alpha value is -2.86. The van der Waals surface area contributed by atoms with Gasteiger partial charge in [-0.25, -0.2) is 0 Å². The first-order valence-electron chi connectivity index (χ1n) is 11.2. The van der Waals surface area contributed by atoms with Gasteiger partial charge in [-0.15, -0.1) is 12.4 Å². The number of nitrogens with zero attached hydrogens (tertiary/aromatic N) is 2. The van der Waals surface area contributed by atoms with Gasteiger partial charge in [-0.3, -0.25) is 9.69 Å². The molecular weight excluding hydrogens is 436 g/mol. The van der Waals surface area contributed by atoms with Crippen LogP contribution in [0.3, 0.4) is 0 Å². The molecule has 5 nitrogen and oxygen atoms in total. The topological polar surface area (TPSA) is 53.0 Å². The number of carbonyl (C=O) groups excluding carboxylic acids is 1. The summed E-state index contributed by atoms with van der Waals surface area (Å²) >= 11 is 0. The molecule has 33 heavy (non-hydrogen) atoms. The molecule has 0 aromatic heterocycles. The molecule has 3 aromatic carbocycles. The molecule has 1 heterocycles. The number of para-hydroxylation sites is 1. The van der Waals surface area contributed by atoms with Gasteiger partial charge in [-0.05, 0) is 23.3 Å². The molecule has 1 atom stereocenters. The Morgan fingerprint density at radius 3 is 1.79 bits per heavy atom. The second-order valence-electron chi connectivity index (χ2n) is 8.16. The van der Waals surface area contributed by atoms with Crippen LogP contribution >= 0.6 is 12.4 Å². The highest BCUT2D eigenvalue weighted by Crippen LogP contribution is 2.27. The number of β-amino-alcohol motifs (C(OH)–C–C–N with tert-alkyl or cyclic N) is 1. The summed E-state index contributed by atoms with van der Waals surface area (Å²) in [6, 6.07) is 29.5. The highest BCUT2D eigenvalue weighted by Gasteiger charge is 2.30. The van der Waals surface area contributed by atoms with Crippen LogP contribution in [0.2, 0.25) is 0 Å². The molecule has 1 amide bonds. The van der Waals surface area contributed by atoms with Gasteiger partial charge in [0.25, 0.3) is 0 Å². The van der Waals surface area contributed by atoms with E-state index in [4.69, 9.17) is 4.74 Å². The van der Waals surface area contributed by atoms with Gasteiger partial charge in [0.2, 0.25) is 5.91 Å². The molecule has 0 aliphatic carbocycles. The standard InChI is InChI=1S/C27H30N2O3.ClH/c30-24(21-32-25-14-8-3-9-15-25)20-28-16-18-29(19-17-28)27(31)26(22-10-4-1-5-11-22)23-12-6-2-7-13-23;/h1-15,24,26,30H,16-21H2;1H. The van der Waals surface area contributed by atoms with Gasteiger partial charge in [-0.2, -0.15) is 0 Å². The minimum absolute atomic E-state index is 0. The number of benzene rings is 3. The maximum Gasteiger partial charge on any atom is 0.234 e. The van der Waals surface area contributed by atoms with Crippen molar-refractivity contribution < 1.29 is 14.6 Å². The number of aliphatic hydroxyl groups excluding tert-OH is 1. The lowest BCUT2D eigenvalue weighted by atomic mass is 9.90. The summed E-state index contributed by atoms with van der Waals surface area (Å²) in [4.78, 5) is 17.7. The molecular formula is C27H31ClN2O3. The lowest BCUT2D eigenvalue weighted by molar-refractivity contribution is -0.133. The van der Waals surface area contributed by atoms with E-state index in [9.17, 15) is 9.90 Å². The van der Waals surface area contributed by atoms with Crippen molar-refractivity contribution >= 4 is 18.3 Å². The first-order chi connectivity index (χ1) is 15.7. The molecule has 1 saturated heterocycles. The molecule has 0 saturated carbocycles. The van der Waals surface area contributed by atoms with Crippen LogP contribution in [-0.2, 0) is 4.79 Å². The van der Waals surface area contributed by atoms with E-state index in [0.29, 0.717) is 19.6 Å². The Morgan fingerprint density at radius 2 is 1.27 bits per heavy atom. The van der Waals surface area contributed by atoms with Gasteiger partial charge in [0, 0.05) is 32.7 Å².